The van der Waals surface area contributed by atoms with Crippen LogP contribution in [0.1, 0.15) is 66.6 Å². The summed E-state index contributed by atoms with van der Waals surface area (Å²) in [5, 5.41) is 6.31. The predicted octanol–water partition coefficient (Wildman–Crippen LogP) is 3.20. The largest absolute Gasteiger partial charge is 0.352 e. The van der Waals surface area contributed by atoms with Gasteiger partial charge in [-0.25, -0.2) is 0 Å². The van der Waals surface area contributed by atoms with E-state index in [0.717, 1.165) is 24.9 Å². The van der Waals surface area contributed by atoms with E-state index in [1.54, 1.807) is 0 Å². The van der Waals surface area contributed by atoms with Crippen LogP contribution in [-0.4, -0.2) is 19.5 Å². The number of amides is 1. The first-order valence-electron chi connectivity index (χ1n) is 7.84. The van der Waals surface area contributed by atoms with Crippen LogP contribution in [0.2, 0.25) is 0 Å². The third-order valence-electron chi connectivity index (χ3n) is 4.16. The topological polar surface area (TPSA) is 41.1 Å². The van der Waals surface area contributed by atoms with Gasteiger partial charge in [0.25, 0.3) is 5.91 Å². The lowest BCUT2D eigenvalue weighted by Crippen LogP contribution is -2.32. The van der Waals surface area contributed by atoms with Gasteiger partial charge >= 0.3 is 0 Å². The number of hydrogen-bond acceptors (Lipinski definition) is 2. The highest BCUT2D eigenvalue weighted by Crippen LogP contribution is 2.24. The van der Waals surface area contributed by atoms with E-state index in [0.29, 0.717) is 6.04 Å². The molecule has 3 nitrogen and oxygen atoms in total. The normalized spacial score (nSPS) is 15.6. The van der Waals surface area contributed by atoms with Crippen molar-refractivity contribution in [2.75, 3.05) is 13.6 Å². The number of carbonyl (C=O) groups excluding carboxylic acids is 1. The smallest absolute Gasteiger partial charge is 0.251 e. The van der Waals surface area contributed by atoms with Crippen LogP contribution in [0.3, 0.4) is 0 Å². The minimum atomic E-state index is 0.0777. The molecule has 3 heteroatoms. The summed E-state index contributed by atoms with van der Waals surface area (Å²) in [7, 11) is 2.00. The number of nitrogens with one attached hydrogen (secondary N) is 2. The van der Waals surface area contributed by atoms with Gasteiger partial charge in [-0.05, 0) is 37.1 Å². The molecule has 0 radical (unpaired) electrons. The van der Waals surface area contributed by atoms with E-state index in [-0.39, 0.29) is 5.91 Å². The van der Waals surface area contributed by atoms with Crippen molar-refractivity contribution in [1.29, 1.82) is 0 Å². The van der Waals surface area contributed by atoms with E-state index < -0.39 is 0 Å². The van der Waals surface area contributed by atoms with Gasteiger partial charge in [0, 0.05) is 18.2 Å². The Hall–Kier alpha value is -1.35. The molecule has 1 aliphatic rings. The molecular formula is C17H26N2O. The molecule has 1 amide bonds. The molecule has 2 N–H and O–H groups in total. The monoisotopic (exact) mass is 274 g/mol. The Bertz CT molecular complexity index is 456. The van der Waals surface area contributed by atoms with Gasteiger partial charge in [0.1, 0.15) is 0 Å². The predicted molar refractivity (Wildman–Crippen MR) is 83.0 cm³/mol. The second kappa shape index (κ2) is 7.44. The summed E-state index contributed by atoms with van der Waals surface area (Å²) in [5.41, 5.74) is 3.28. The number of fused-ring (bicyclic) bond motifs is 1. The van der Waals surface area contributed by atoms with Crippen molar-refractivity contribution in [3.63, 3.8) is 0 Å². The van der Waals surface area contributed by atoms with Crippen LogP contribution in [0.25, 0.3) is 0 Å². The highest BCUT2D eigenvalue weighted by molar-refractivity contribution is 5.96. The van der Waals surface area contributed by atoms with Crippen LogP contribution in [-0.2, 0) is 6.42 Å². The average molecular weight is 274 g/mol. The molecule has 0 spiro atoms. The van der Waals surface area contributed by atoms with Gasteiger partial charge in [-0.3, -0.25) is 4.79 Å². The van der Waals surface area contributed by atoms with Crippen molar-refractivity contribution in [2.24, 2.45) is 0 Å². The van der Waals surface area contributed by atoms with Crippen LogP contribution in [0, 0.1) is 0 Å². The number of benzene rings is 1. The fourth-order valence-corrected chi connectivity index (χ4v) is 2.90. The van der Waals surface area contributed by atoms with E-state index >= 15 is 0 Å². The van der Waals surface area contributed by atoms with E-state index in [9.17, 15) is 4.79 Å². The Morgan fingerprint density at radius 1 is 1.30 bits per heavy atom. The Morgan fingerprint density at radius 2 is 2.15 bits per heavy atom. The molecule has 1 aliphatic heterocycles. The number of carbonyl (C=O) groups is 1. The minimum Gasteiger partial charge on any atom is -0.352 e. The summed E-state index contributed by atoms with van der Waals surface area (Å²) in [6.07, 6.45) is 7.19. The zero-order valence-electron chi connectivity index (χ0n) is 12.7. The molecule has 1 unspecified atom stereocenters. The van der Waals surface area contributed by atoms with Crippen molar-refractivity contribution in [3.8, 4) is 0 Å². The third kappa shape index (κ3) is 3.60. The first-order valence-corrected chi connectivity index (χ1v) is 7.84. The molecule has 0 fully saturated rings. The van der Waals surface area contributed by atoms with Crippen molar-refractivity contribution in [3.05, 3.63) is 34.9 Å². The quantitative estimate of drug-likeness (QED) is 0.750. The molecule has 0 aliphatic carbocycles. The molecule has 2 rings (SSSR count). The first kappa shape index (κ1) is 15.0. The second-order valence-electron chi connectivity index (χ2n) is 5.61. The van der Waals surface area contributed by atoms with Gasteiger partial charge in [0.15, 0.2) is 0 Å². The lowest BCUT2D eigenvalue weighted by atomic mass is 9.93. The molecule has 0 bridgehead atoms. The summed E-state index contributed by atoms with van der Waals surface area (Å²) in [4.78, 5) is 11.9. The second-order valence-corrected chi connectivity index (χ2v) is 5.61. The Kier molecular flexibility index (Phi) is 5.60. The lowest BCUT2D eigenvalue weighted by Gasteiger charge is -2.21. The van der Waals surface area contributed by atoms with Crippen molar-refractivity contribution < 1.29 is 4.79 Å². The number of unbranched alkanes of at least 4 members (excludes halogenated alkanes) is 3. The van der Waals surface area contributed by atoms with Crippen LogP contribution in [0.5, 0.6) is 0 Å². The zero-order valence-corrected chi connectivity index (χ0v) is 12.7. The molecule has 1 aromatic rings. The van der Waals surface area contributed by atoms with E-state index in [2.05, 4.69) is 35.8 Å². The Morgan fingerprint density at radius 3 is 2.90 bits per heavy atom. The van der Waals surface area contributed by atoms with Gasteiger partial charge in [-0.15, -0.1) is 0 Å². The maximum atomic E-state index is 11.9. The molecule has 20 heavy (non-hydrogen) atoms. The van der Waals surface area contributed by atoms with Crippen molar-refractivity contribution in [2.45, 2.75) is 51.5 Å². The third-order valence-corrected chi connectivity index (χ3v) is 4.16. The highest BCUT2D eigenvalue weighted by Gasteiger charge is 2.18. The maximum Gasteiger partial charge on any atom is 0.251 e. The fourth-order valence-electron chi connectivity index (χ4n) is 2.90. The lowest BCUT2D eigenvalue weighted by molar-refractivity contribution is 0.0946. The molecule has 0 saturated carbocycles. The van der Waals surface area contributed by atoms with Crippen LogP contribution in [0.15, 0.2) is 18.2 Å². The molecule has 0 saturated heterocycles. The van der Waals surface area contributed by atoms with Gasteiger partial charge in [0.05, 0.1) is 0 Å². The summed E-state index contributed by atoms with van der Waals surface area (Å²) >= 11 is 0. The highest BCUT2D eigenvalue weighted by atomic mass is 16.1. The van der Waals surface area contributed by atoms with Gasteiger partial charge in [0.2, 0.25) is 0 Å². The minimum absolute atomic E-state index is 0.0777. The summed E-state index contributed by atoms with van der Waals surface area (Å²) in [5.74, 6) is 0.0777. The van der Waals surface area contributed by atoms with Crippen molar-refractivity contribution in [1.82, 2.24) is 10.6 Å². The zero-order chi connectivity index (χ0) is 14.4. The van der Waals surface area contributed by atoms with E-state index in [4.69, 9.17) is 0 Å². The summed E-state index contributed by atoms with van der Waals surface area (Å²) < 4.78 is 0. The number of rotatable bonds is 7. The first-order chi connectivity index (χ1) is 9.76. The molecule has 110 valence electrons. The summed E-state index contributed by atoms with van der Waals surface area (Å²) in [6.45, 7) is 3.00. The van der Waals surface area contributed by atoms with Gasteiger partial charge in [-0.2, -0.15) is 0 Å². The van der Waals surface area contributed by atoms with Crippen LogP contribution < -0.4 is 10.6 Å². The van der Waals surface area contributed by atoms with E-state index in [1.807, 2.05) is 7.05 Å². The fraction of sp³-hybridized carbons (Fsp3) is 0.588. The summed E-state index contributed by atoms with van der Waals surface area (Å²) in [6, 6.07) is 6.73. The SMILES string of the molecule is CCCCCCC(NC)c1ccc2c(c1)C(=O)NCC2. The van der Waals surface area contributed by atoms with Crippen LogP contribution >= 0.6 is 0 Å². The average Bonchev–Trinajstić information content (AvgIpc) is 2.48. The van der Waals surface area contributed by atoms with Gasteiger partial charge in [-0.1, -0.05) is 44.7 Å². The standard InChI is InChI=1S/C17H26N2O/c1-3-4-5-6-7-16(18-2)14-9-8-13-10-11-19-17(20)15(13)12-14/h8-9,12,16,18H,3-7,10-11H2,1-2H3,(H,19,20). The van der Waals surface area contributed by atoms with Crippen molar-refractivity contribution >= 4 is 5.91 Å². The molecular weight excluding hydrogens is 248 g/mol. The maximum absolute atomic E-state index is 11.9. The molecule has 0 aromatic heterocycles. The molecule has 1 atom stereocenters. The molecule has 1 aromatic carbocycles. The Labute approximate surface area is 122 Å². The van der Waals surface area contributed by atoms with E-state index in [1.165, 1.54) is 36.8 Å². The Balaban J connectivity index is 2.06. The number of hydrogen-bond donors (Lipinski definition) is 2. The molecule has 1 heterocycles. The van der Waals surface area contributed by atoms with Gasteiger partial charge < -0.3 is 10.6 Å². The van der Waals surface area contributed by atoms with Crippen LogP contribution in [0.4, 0.5) is 0 Å².